The highest BCUT2D eigenvalue weighted by Gasteiger charge is 2.31. The predicted octanol–water partition coefficient (Wildman–Crippen LogP) is 2.68. The number of hydrogen-bond donors (Lipinski definition) is 2. The van der Waals surface area contributed by atoms with Crippen LogP contribution in [0, 0.1) is 5.92 Å². The molecule has 1 saturated carbocycles. The number of nitrogens with one attached hydrogen (secondary N) is 1. The molecule has 92 valence electrons. The topological polar surface area (TPSA) is 55.1 Å². The van der Waals surface area contributed by atoms with Crippen LogP contribution >= 0.6 is 31.9 Å². The summed E-state index contributed by atoms with van der Waals surface area (Å²) in [7, 11) is 0. The first-order valence-electron chi connectivity index (χ1n) is 5.57. The summed E-state index contributed by atoms with van der Waals surface area (Å²) in [6, 6.07) is 5.62. The van der Waals surface area contributed by atoms with Crippen molar-refractivity contribution in [2.45, 2.75) is 18.9 Å². The maximum Gasteiger partial charge on any atom is 0.251 e. The molecule has 0 saturated heterocycles. The van der Waals surface area contributed by atoms with Crippen LogP contribution in [0.5, 0.6) is 0 Å². The molecule has 1 aromatic carbocycles. The Morgan fingerprint density at radius 2 is 1.94 bits per heavy atom. The second-order valence-corrected chi connectivity index (χ2v) is 6.14. The van der Waals surface area contributed by atoms with Gasteiger partial charge in [-0.1, -0.05) is 31.9 Å². The lowest BCUT2D eigenvalue weighted by Gasteiger charge is -2.16. The lowest BCUT2D eigenvalue weighted by Crippen LogP contribution is -2.41. The number of benzene rings is 1. The molecule has 3 nitrogen and oxygen atoms in total. The molecule has 0 aromatic heterocycles. The zero-order valence-corrected chi connectivity index (χ0v) is 12.4. The minimum atomic E-state index is -0.0608. The van der Waals surface area contributed by atoms with Gasteiger partial charge in [0, 0.05) is 27.1 Å². The first-order valence-corrected chi connectivity index (χ1v) is 7.16. The van der Waals surface area contributed by atoms with Crippen LogP contribution in [0.4, 0.5) is 0 Å². The van der Waals surface area contributed by atoms with Gasteiger partial charge < -0.3 is 11.1 Å². The van der Waals surface area contributed by atoms with E-state index in [4.69, 9.17) is 5.73 Å². The molecule has 0 spiro atoms. The van der Waals surface area contributed by atoms with Crippen LogP contribution in [0.1, 0.15) is 23.2 Å². The normalized spacial score (nSPS) is 16.6. The maximum absolute atomic E-state index is 12.0. The fraction of sp³-hybridized carbons (Fsp3) is 0.417. The van der Waals surface area contributed by atoms with E-state index in [0.717, 1.165) is 8.95 Å². The zero-order valence-electron chi connectivity index (χ0n) is 9.25. The minimum absolute atomic E-state index is 0.0608. The van der Waals surface area contributed by atoms with Gasteiger partial charge in [0.1, 0.15) is 0 Å². The van der Waals surface area contributed by atoms with Crippen molar-refractivity contribution in [2.24, 2.45) is 11.7 Å². The SMILES string of the molecule is NCC(NC(=O)c1cc(Br)cc(Br)c1)C1CC1. The molecule has 0 bridgehead atoms. The third kappa shape index (κ3) is 3.53. The minimum Gasteiger partial charge on any atom is -0.348 e. The zero-order chi connectivity index (χ0) is 12.4. The van der Waals surface area contributed by atoms with Crippen LogP contribution in [0.2, 0.25) is 0 Å². The van der Waals surface area contributed by atoms with Gasteiger partial charge >= 0.3 is 0 Å². The number of carbonyl (C=O) groups is 1. The third-order valence-corrected chi connectivity index (χ3v) is 3.80. The molecular weight excluding hydrogens is 348 g/mol. The van der Waals surface area contributed by atoms with Crippen molar-refractivity contribution in [3.8, 4) is 0 Å². The number of hydrogen-bond acceptors (Lipinski definition) is 2. The summed E-state index contributed by atoms with van der Waals surface area (Å²) in [5.74, 6) is 0.508. The largest absolute Gasteiger partial charge is 0.348 e. The Balaban J connectivity index is 2.07. The maximum atomic E-state index is 12.0. The summed E-state index contributed by atoms with van der Waals surface area (Å²) in [5.41, 5.74) is 6.31. The number of halogens is 2. The van der Waals surface area contributed by atoms with Gasteiger partial charge in [-0.25, -0.2) is 0 Å². The summed E-state index contributed by atoms with van der Waals surface area (Å²) in [6.07, 6.45) is 2.34. The molecule has 1 unspecified atom stereocenters. The molecule has 1 amide bonds. The van der Waals surface area contributed by atoms with Crippen LogP contribution in [0.25, 0.3) is 0 Å². The van der Waals surface area contributed by atoms with Crippen LogP contribution < -0.4 is 11.1 Å². The van der Waals surface area contributed by atoms with Crippen LogP contribution in [-0.2, 0) is 0 Å². The van der Waals surface area contributed by atoms with E-state index in [0.29, 0.717) is 18.0 Å². The molecule has 1 fully saturated rings. The quantitative estimate of drug-likeness (QED) is 0.866. The predicted molar refractivity (Wildman–Crippen MR) is 74.9 cm³/mol. The highest BCUT2D eigenvalue weighted by Crippen LogP contribution is 2.32. The van der Waals surface area contributed by atoms with Gasteiger partial charge in [0.25, 0.3) is 5.91 Å². The van der Waals surface area contributed by atoms with Gasteiger partial charge in [0.2, 0.25) is 0 Å². The highest BCUT2D eigenvalue weighted by atomic mass is 79.9. The molecule has 0 aliphatic heterocycles. The van der Waals surface area contributed by atoms with Gasteiger partial charge in [0.15, 0.2) is 0 Å². The molecule has 3 N–H and O–H groups in total. The smallest absolute Gasteiger partial charge is 0.251 e. The standard InChI is InChI=1S/C12H14Br2N2O/c13-9-3-8(4-10(14)5-9)12(17)16-11(6-15)7-1-2-7/h3-5,7,11H,1-2,6,15H2,(H,16,17). The van der Waals surface area contributed by atoms with Crippen molar-refractivity contribution >= 4 is 37.8 Å². The number of amides is 1. The summed E-state index contributed by atoms with van der Waals surface area (Å²) in [5, 5.41) is 2.99. The van der Waals surface area contributed by atoms with Crippen molar-refractivity contribution in [2.75, 3.05) is 6.54 Å². The lowest BCUT2D eigenvalue weighted by atomic mass is 10.1. The average molecular weight is 362 g/mol. The Morgan fingerprint density at radius 1 is 1.35 bits per heavy atom. The Bertz CT molecular complexity index is 412. The van der Waals surface area contributed by atoms with E-state index in [1.807, 2.05) is 6.07 Å². The van der Waals surface area contributed by atoms with E-state index in [-0.39, 0.29) is 11.9 Å². The van der Waals surface area contributed by atoms with Crippen LogP contribution in [-0.4, -0.2) is 18.5 Å². The van der Waals surface area contributed by atoms with Crippen LogP contribution in [0.3, 0.4) is 0 Å². The van der Waals surface area contributed by atoms with Gasteiger partial charge in [0.05, 0.1) is 0 Å². The summed E-state index contributed by atoms with van der Waals surface area (Å²) < 4.78 is 1.76. The van der Waals surface area contributed by atoms with E-state index in [1.54, 1.807) is 12.1 Å². The van der Waals surface area contributed by atoms with E-state index in [1.165, 1.54) is 12.8 Å². The molecule has 5 heteroatoms. The van der Waals surface area contributed by atoms with E-state index in [2.05, 4.69) is 37.2 Å². The van der Waals surface area contributed by atoms with Crippen molar-refractivity contribution in [3.63, 3.8) is 0 Å². The number of carbonyl (C=O) groups excluding carboxylic acids is 1. The van der Waals surface area contributed by atoms with Crippen LogP contribution in [0.15, 0.2) is 27.1 Å². The molecule has 1 aliphatic rings. The Labute approximate surface area is 117 Å². The number of nitrogens with two attached hydrogens (primary N) is 1. The second-order valence-electron chi connectivity index (χ2n) is 4.31. The molecule has 0 heterocycles. The average Bonchev–Trinajstić information content (AvgIpc) is 3.08. The van der Waals surface area contributed by atoms with Gasteiger partial charge in [-0.3, -0.25) is 4.79 Å². The van der Waals surface area contributed by atoms with E-state index < -0.39 is 0 Å². The van der Waals surface area contributed by atoms with E-state index in [9.17, 15) is 4.79 Å². The third-order valence-electron chi connectivity index (χ3n) is 2.89. The fourth-order valence-corrected chi connectivity index (χ4v) is 3.10. The molecule has 1 atom stereocenters. The van der Waals surface area contributed by atoms with Crippen molar-refractivity contribution in [1.82, 2.24) is 5.32 Å². The van der Waals surface area contributed by atoms with Crippen molar-refractivity contribution in [3.05, 3.63) is 32.7 Å². The molecular formula is C12H14Br2N2O. The molecule has 2 rings (SSSR count). The van der Waals surface area contributed by atoms with Gasteiger partial charge in [-0.15, -0.1) is 0 Å². The Hall–Kier alpha value is -0.390. The lowest BCUT2D eigenvalue weighted by molar-refractivity contribution is 0.0933. The number of rotatable bonds is 4. The first-order chi connectivity index (χ1) is 8.10. The second kappa shape index (κ2) is 5.50. The van der Waals surface area contributed by atoms with Gasteiger partial charge in [-0.05, 0) is 37.0 Å². The molecule has 0 radical (unpaired) electrons. The summed E-state index contributed by atoms with van der Waals surface area (Å²) in [6.45, 7) is 0.506. The van der Waals surface area contributed by atoms with E-state index >= 15 is 0 Å². The summed E-state index contributed by atoms with van der Waals surface area (Å²) in [4.78, 5) is 12.0. The Kier molecular flexibility index (Phi) is 4.22. The highest BCUT2D eigenvalue weighted by molar-refractivity contribution is 9.11. The van der Waals surface area contributed by atoms with Gasteiger partial charge in [-0.2, -0.15) is 0 Å². The van der Waals surface area contributed by atoms with Crippen molar-refractivity contribution < 1.29 is 4.79 Å². The monoisotopic (exact) mass is 360 g/mol. The Morgan fingerprint density at radius 3 is 2.41 bits per heavy atom. The molecule has 1 aromatic rings. The van der Waals surface area contributed by atoms with Crippen molar-refractivity contribution in [1.29, 1.82) is 0 Å². The molecule has 1 aliphatic carbocycles. The summed E-state index contributed by atoms with van der Waals surface area (Å²) >= 11 is 6.74. The first kappa shape index (κ1) is 13.1. The fourth-order valence-electron chi connectivity index (χ4n) is 1.80. The molecule has 17 heavy (non-hydrogen) atoms.